The number of aromatic nitrogens is 2. The Bertz CT molecular complexity index is 991. The first-order valence-corrected chi connectivity index (χ1v) is 9.42. The van der Waals surface area contributed by atoms with Crippen LogP contribution in [0.15, 0.2) is 54.9 Å². The normalized spacial score (nSPS) is 11.1. The van der Waals surface area contributed by atoms with Crippen molar-refractivity contribution in [2.75, 3.05) is 17.7 Å². The first-order valence-electron chi connectivity index (χ1n) is 9.42. The van der Waals surface area contributed by atoms with Gasteiger partial charge in [0.2, 0.25) is 0 Å². The number of carbonyl (C=O) groups excluding carboxylic acids is 1. The minimum Gasteiger partial charge on any atom is -0.495 e. The van der Waals surface area contributed by atoms with E-state index in [9.17, 15) is 4.79 Å². The number of amides is 1. The second-order valence-corrected chi connectivity index (χ2v) is 7.90. The van der Waals surface area contributed by atoms with Crippen molar-refractivity contribution in [3.8, 4) is 5.75 Å². The van der Waals surface area contributed by atoms with E-state index in [1.54, 1.807) is 13.3 Å². The molecular formula is C23H26N4O2. The van der Waals surface area contributed by atoms with Gasteiger partial charge in [-0.05, 0) is 47.7 Å². The van der Waals surface area contributed by atoms with E-state index in [0.29, 0.717) is 17.3 Å². The molecule has 0 saturated heterocycles. The van der Waals surface area contributed by atoms with Crippen LogP contribution in [0.25, 0.3) is 0 Å². The number of rotatable bonds is 5. The zero-order valence-electron chi connectivity index (χ0n) is 17.4. The van der Waals surface area contributed by atoms with Crippen molar-refractivity contribution in [3.05, 3.63) is 71.7 Å². The average molecular weight is 390 g/mol. The molecule has 6 nitrogen and oxygen atoms in total. The SMILES string of the molecule is COc1ccc(C)cc1NC(=O)c1cnc(Nc2ccc(C(C)(C)C)cc2)cn1. The third kappa shape index (κ3) is 5.10. The van der Waals surface area contributed by atoms with Gasteiger partial charge in [-0.15, -0.1) is 0 Å². The van der Waals surface area contributed by atoms with Crippen LogP contribution >= 0.6 is 0 Å². The highest BCUT2D eigenvalue weighted by atomic mass is 16.5. The van der Waals surface area contributed by atoms with Crippen molar-refractivity contribution in [3.63, 3.8) is 0 Å². The van der Waals surface area contributed by atoms with Crippen molar-refractivity contribution in [2.24, 2.45) is 0 Å². The molecule has 0 bridgehead atoms. The predicted molar refractivity (Wildman–Crippen MR) is 116 cm³/mol. The number of ether oxygens (including phenoxy) is 1. The number of hydrogen-bond donors (Lipinski definition) is 2. The number of nitrogens with one attached hydrogen (secondary N) is 2. The zero-order chi connectivity index (χ0) is 21.0. The second-order valence-electron chi connectivity index (χ2n) is 7.90. The van der Waals surface area contributed by atoms with E-state index in [-0.39, 0.29) is 17.0 Å². The fourth-order valence-corrected chi connectivity index (χ4v) is 2.82. The highest BCUT2D eigenvalue weighted by Gasteiger charge is 2.14. The molecule has 0 aliphatic heterocycles. The molecule has 0 saturated carbocycles. The Morgan fingerprint density at radius 2 is 1.72 bits per heavy atom. The van der Waals surface area contributed by atoms with Crippen molar-refractivity contribution in [1.29, 1.82) is 0 Å². The number of hydrogen-bond acceptors (Lipinski definition) is 5. The lowest BCUT2D eigenvalue weighted by atomic mass is 9.87. The first kappa shape index (κ1) is 20.3. The van der Waals surface area contributed by atoms with Crippen LogP contribution in [-0.4, -0.2) is 23.0 Å². The summed E-state index contributed by atoms with van der Waals surface area (Å²) in [6, 6.07) is 13.8. The van der Waals surface area contributed by atoms with Gasteiger partial charge in [-0.1, -0.05) is 39.0 Å². The molecule has 0 unspecified atom stereocenters. The molecule has 150 valence electrons. The monoisotopic (exact) mass is 390 g/mol. The Morgan fingerprint density at radius 1 is 1.00 bits per heavy atom. The Kier molecular flexibility index (Phi) is 5.82. The Labute approximate surface area is 171 Å². The molecule has 6 heteroatoms. The highest BCUT2D eigenvalue weighted by molar-refractivity contribution is 6.03. The Morgan fingerprint density at radius 3 is 2.31 bits per heavy atom. The number of nitrogens with zero attached hydrogens (tertiary/aromatic N) is 2. The van der Waals surface area contributed by atoms with E-state index in [4.69, 9.17) is 4.74 Å². The largest absolute Gasteiger partial charge is 0.495 e. The lowest BCUT2D eigenvalue weighted by Crippen LogP contribution is -2.15. The number of anilines is 3. The van der Waals surface area contributed by atoms with Crippen LogP contribution < -0.4 is 15.4 Å². The number of methoxy groups -OCH3 is 1. The Balaban J connectivity index is 1.68. The lowest BCUT2D eigenvalue weighted by molar-refractivity contribution is 0.102. The summed E-state index contributed by atoms with van der Waals surface area (Å²) in [6.07, 6.45) is 2.99. The maximum atomic E-state index is 12.5. The summed E-state index contributed by atoms with van der Waals surface area (Å²) in [4.78, 5) is 21.0. The second kappa shape index (κ2) is 8.31. The molecule has 3 aromatic rings. The first-order chi connectivity index (χ1) is 13.8. The number of carbonyl (C=O) groups is 1. The van der Waals surface area contributed by atoms with Gasteiger partial charge in [0, 0.05) is 5.69 Å². The van der Waals surface area contributed by atoms with Crippen LogP contribution in [0.1, 0.15) is 42.4 Å². The van der Waals surface area contributed by atoms with Crippen LogP contribution in [0.5, 0.6) is 5.75 Å². The van der Waals surface area contributed by atoms with Gasteiger partial charge in [-0.25, -0.2) is 9.97 Å². The standard InChI is InChI=1S/C23H26N4O2/c1-15-6-11-20(29-5)18(12-15)27-22(28)19-13-25-21(14-24-19)26-17-9-7-16(8-10-17)23(2,3)4/h6-14H,1-5H3,(H,25,26)(H,27,28). The topological polar surface area (TPSA) is 76.1 Å². The molecule has 3 rings (SSSR count). The fraction of sp³-hybridized carbons (Fsp3) is 0.261. The van der Waals surface area contributed by atoms with Crippen LogP contribution in [0.4, 0.5) is 17.2 Å². The minimum atomic E-state index is -0.345. The van der Waals surface area contributed by atoms with E-state index in [0.717, 1.165) is 11.3 Å². The summed E-state index contributed by atoms with van der Waals surface area (Å²) in [5, 5.41) is 6.02. The van der Waals surface area contributed by atoms with Gasteiger partial charge < -0.3 is 15.4 Å². The maximum absolute atomic E-state index is 12.5. The molecule has 29 heavy (non-hydrogen) atoms. The van der Waals surface area contributed by atoms with Crippen LogP contribution in [0.3, 0.4) is 0 Å². The van der Waals surface area contributed by atoms with Crippen LogP contribution in [0, 0.1) is 6.92 Å². The number of benzene rings is 2. The van der Waals surface area contributed by atoms with Gasteiger partial charge in [-0.3, -0.25) is 4.79 Å². The van der Waals surface area contributed by atoms with E-state index in [2.05, 4.69) is 53.5 Å². The van der Waals surface area contributed by atoms with Gasteiger partial charge in [-0.2, -0.15) is 0 Å². The predicted octanol–water partition coefficient (Wildman–Crippen LogP) is 5.09. The molecule has 0 spiro atoms. The summed E-state index contributed by atoms with van der Waals surface area (Å²) in [5.74, 6) is 0.814. The Hall–Kier alpha value is -3.41. The smallest absolute Gasteiger partial charge is 0.275 e. The molecule has 1 aromatic heterocycles. The molecule has 0 aliphatic carbocycles. The van der Waals surface area contributed by atoms with E-state index < -0.39 is 0 Å². The van der Waals surface area contributed by atoms with Gasteiger partial charge >= 0.3 is 0 Å². The van der Waals surface area contributed by atoms with Crippen molar-refractivity contribution >= 4 is 23.1 Å². The number of aryl methyl sites for hydroxylation is 1. The molecule has 2 aromatic carbocycles. The van der Waals surface area contributed by atoms with Crippen LogP contribution in [0.2, 0.25) is 0 Å². The summed E-state index contributed by atoms with van der Waals surface area (Å²) in [5.41, 5.74) is 4.11. The summed E-state index contributed by atoms with van der Waals surface area (Å²) in [7, 11) is 1.56. The van der Waals surface area contributed by atoms with Gasteiger partial charge in [0.25, 0.3) is 5.91 Å². The average Bonchev–Trinajstić information content (AvgIpc) is 2.68. The molecule has 0 radical (unpaired) electrons. The van der Waals surface area contributed by atoms with Crippen molar-refractivity contribution in [2.45, 2.75) is 33.1 Å². The van der Waals surface area contributed by atoms with E-state index in [1.807, 2.05) is 37.3 Å². The third-order valence-electron chi connectivity index (χ3n) is 4.51. The van der Waals surface area contributed by atoms with Crippen LogP contribution in [-0.2, 0) is 5.41 Å². The van der Waals surface area contributed by atoms with E-state index in [1.165, 1.54) is 11.8 Å². The quantitative estimate of drug-likeness (QED) is 0.635. The molecule has 0 aliphatic rings. The molecule has 0 atom stereocenters. The molecule has 1 heterocycles. The molecular weight excluding hydrogens is 364 g/mol. The van der Waals surface area contributed by atoms with Crippen molar-refractivity contribution in [1.82, 2.24) is 9.97 Å². The minimum absolute atomic E-state index is 0.104. The zero-order valence-corrected chi connectivity index (χ0v) is 17.4. The van der Waals surface area contributed by atoms with Gasteiger partial charge in [0.15, 0.2) is 0 Å². The third-order valence-corrected chi connectivity index (χ3v) is 4.51. The van der Waals surface area contributed by atoms with Gasteiger partial charge in [0.05, 0.1) is 25.2 Å². The summed E-state index contributed by atoms with van der Waals surface area (Å²) < 4.78 is 5.29. The summed E-state index contributed by atoms with van der Waals surface area (Å²) >= 11 is 0. The van der Waals surface area contributed by atoms with E-state index >= 15 is 0 Å². The van der Waals surface area contributed by atoms with Gasteiger partial charge in [0.1, 0.15) is 17.3 Å². The lowest BCUT2D eigenvalue weighted by Gasteiger charge is -2.19. The van der Waals surface area contributed by atoms with Crippen molar-refractivity contribution < 1.29 is 9.53 Å². The maximum Gasteiger partial charge on any atom is 0.275 e. The molecule has 2 N–H and O–H groups in total. The molecule has 1 amide bonds. The molecule has 0 fully saturated rings. The highest BCUT2D eigenvalue weighted by Crippen LogP contribution is 2.26. The fourth-order valence-electron chi connectivity index (χ4n) is 2.82. The summed E-state index contributed by atoms with van der Waals surface area (Å²) in [6.45, 7) is 8.48.